The number of hydrogen-bond donors (Lipinski definition) is 1. The van der Waals surface area contributed by atoms with Gasteiger partial charge in [0.1, 0.15) is 0 Å². The fourth-order valence-corrected chi connectivity index (χ4v) is 2.34. The summed E-state index contributed by atoms with van der Waals surface area (Å²) in [4.78, 5) is 6.58. The van der Waals surface area contributed by atoms with Crippen LogP contribution >= 0.6 is 0 Å². The third kappa shape index (κ3) is 2.22. The van der Waals surface area contributed by atoms with Crippen molar-refractivity contribution in [2.24, 2.45) is 0 Å². The number of nitrogens with zero attached hydrogens (tertiary/aromatic N) is 3. The largest absolute Gasteiger partial charge is 0.399 e. The topological polar surface area (TPSA) is 68.2 Å². The van der Waals surface area contributed by atoms with E-state index in [0.717, 1.165) is 37.6 Å². The highest BCUT2D eigenvalue weighted by Crippen LogP contribution is 2.24. The number of nitrogen functional groups attached to an aromatic ring is 1. The molecule has 3 rings (SSSR count). The van der Waals surface area contributed by atoms with Crippen molar-refractivity contribution < 1.29 is 4.52 Å². The predicted octanol–water partition coefficient (Wildman–Crippen LogP) is 1.52. The van der Waals surface area contributed by atoms with Crippen LogP contribution in [0.25, 0.3) is 0 Å². The lowest BCUT2D eigenvalue weighted by Crippen LogP contribution is -2.19. The molecule has 1 aliphatic heterocycles. The Kier molecular flexibility index (Phi) is 2.76. The molecule has 0 radical (unpaired) electrons. The third-order valence-electron chi connectivity index (χ3n) is 3.24. The fraction of sp³-hybridized carbons (Fsp3) is 0.385. The molecule has 0 unspecified atom stereocenters. The third-order valence-corrected chi connectivity index (χ3v) is 3.24. The summed E-state index contributed by atoms with van der Waals surface area (Å²) in [5.41, 5.74) is 9.33. The van der Waals surface area contributed by atoms with Gasteiger partial charge in [0.2, 0.25) is 5.89 Å². The first-order chi connectivity index (χ1) is 8.70. The predicted molar refractivity (Wildman–Crippen MR) is 67.7 cm³/mol. The average Bonchev–Trinajstić information content (AvgIpc) is 2.92. The second kappa shape index (κ2) is 4.42. The molecule has 2 aromatic rings. The molecule has 1 aliphatic rings. The molecule has 94 valence electrons. The molecular formula is C13H16N4O. The van der Waals surface area contributed by atoms with Crippen molar-refractivity contribution in [3.63, 3.8) is 0 Å². The van der Waals surface area contributed by atoms with Crippen molar-refractivity contribution in [2.45, 2.75) is 26.4 Å². The number of hydrogen-bond acceptors (Lipinski definition) is 5. The van der Waals surface area contributed by atoms with Crippen LogP contribution in [-0.4, -0.2) is 21.6 Å². The number of fused-ring (bicyclic) bond motifs is 1. The number of nitrogens with two attached hydrogens (primary N) is 1. The van der Waals surface area contributed by atoms with Gasteiger partial charge >= 0.3 is 0 Å². The Labute approximate surface area is 106 Å². The number of aromatic nitrogens is 2. The molecule has 0 saturated heterocycles. The number of rotatable bonds is 3. The van der Waals surface area contributed by atoms with Crippen molar-refractivity contribution in [1.29, 1.82) is 0 Å². The van der Waals surface area contributed by atoms with Crippen LogP contribution in [0.4, 0.5) is 5.69 Å². The lowest BCUT2D eigenvalue weighted by atomic mass is 10.1. The number of benzene rings is 1. The first-order valence-electron chi connectivity index (χ1n) is 6.09. The minimum Gasteiger partial charge on any atom is -0.399 e. The van der Waals surface area contributed by atoms with E-state index in [1.807, 2.05) is 13.0 Å². The van der Waals surface area contributed by atoms with Crippen LogP contribution in [0.3, 0.4) is 0 Å². The molecule has 18 heavy (non-hydrogen) atoms. The van der Waals surface area contributed by atoms with E-state index in [4.69, 9.17) is 10.3 Å². The minimum absolute atomic E-state index is 0.627. The van der Waals surface area contributed by atoms with Gasteiger partial charge in [-0.25, -0.2) is 0 Å². The summed E-state index contributed by atoms with van der Waals surface area (Å²) in [5.74, 6) is 1.41. The summed E-state index contributed by atoms with van der Waals surface area (Å²) in [6.45, 7) is 4.68. The van der Waals surface area contributed by atoms with E-state index in [1.165, 1.54) is 11.1 Å². The van der Waals surface area contributed by atoms with Gasteiger partial charge in [-0.15, -0.1) is 0 Å². The van der Waals surface area contributed by atoms with Crippen LogP contribution in [0, 0.1) is 6.92 Å². The zero-order valence-electron chi connectivity index (χ0n) is 10.4. The zero-order chi connectivity index (χ0) is 12.5. The SMILES string of the molecule is Cc1nc(CCN2Cc3ccc(N)cc3C2)no1. The maximum Gasteiger partial charge on any atom is 0.223 e. The van der Waals surface area contributed by atoms with Crippen LogP contribution in [0.15, 0.2) is 22.7 Å². The van der Waals surface area contributed by atoms with E-state index in [9.17, 15) is 0 Å². The van der Waals surface area contributed by atoms with Crippen molar-refractivity contribution in [3.8, 4) is 0 Å². The highest BCUT2D eigenvalue weighted by molar-refractivity contribution is 5.46. The lowest BCUT2D eigenvalue weighted by Gasteiger charge is -2.12. The van der Waals surface area contributed by atoms with Gasteiger partial charge in [0, 0.05) is 38.7 Å². The van der Waals surface area contributed by atoms with Crippen molar-refractivity contribution in [1.82, 2.24) is 15.0 Å². The summed E-state index contributed by atoms with van der Waals surface area (Å²) in [6.07, 6.45) is 0.820. The van der Waals surface area contributed by atoms with Crippen LogP contribution in [0.5, 0.6) is 0 Å². The highest BCUT2D eigenvalue weighted by atomic mass is 16.5. The molecular weight excluding hydrogens is 228 g/mol. The van der Waals surface area contributed by atoms with Crippen molar-refractivity contribution >= 4 is 5.69 Å². The first kappa shape index (κ1) is 11.2. The normalized spacial score (nSPS) is 14.9. The highest BCUT2D eigenvalue weighted by Gasteiger charge is 2.19. The van der Waals surface area contributed by atoms with Crippen LogP contribution < -0.4 is 5.73 Å². The average molecular weight is 244 g/mol. The molecule has 1 aromatic carbocycles. The Morgan fingerprint density at radius 2 is 2.17 bits per heavy atom. The van der Waals surface area contributed by atoms with Gasteiger partial charge in [0.25, 0.3) is 0 Å². The summed E-state index contributed by atoms with van der Waals surface area (Å²) in [6, 6.07) is 6.14. The molecule has 0 atom stereocenters. The quantitative estimate of drug-likeness (QED) is 0.829. The van der Waals surface area contributed by atoms with Gasteiger partial charge in [0.15, 0.2) is 5.82 Å². The summed E-state index contributed by atoms with van der Waals surface area (Å²) in [5, 5.41) is 3.91. The van der Waals surface area contributed by atoms with E-state index in [0.29, 0.717) is 5.89 Å². The molecule has 0 aliphatic carbocycles. The fourth-order valence-electron chi connectivity index (χ4n) is 2.34. The molecule has 1 aromatic heterocycles. The van der Waals surface area contributed by atoms with Gasteiger partial charge in [-0.2, -0.15) is 4.98 Å². The Bertz CT molecular complexity index is 564. The monoisotopic (exact) mass is 244 g/mol. The Morgan fingerprint density at radius 1 is 1.33 bits per heavy atom. The summed E-state index contributed by atoms with van der Waals surface area (Å²) >= 11 is 0. The van der Waals surface area contributed by atoms with Crippen LogP contribution in [0.2, 0.25) is 0 Å². The molecule has 0 bridgehead atoms. The van der Waals surface area contributed by atoms with Gasteiger partial charge < -0.3 is 10.3 Å². The Balaban J connectivity index is 1.61. The molecule has 0 saturated carbocycles. The van der Waals surface area contributed by atoms with E-state index in [2.05, 4.69) is 27.2 Å². The molecule has 5 nitrogen and oxygen atoms in total. The molecule has 2 N–H and O–H groups in total. The van der Waals surface area contributed by atoms with E-state index in [-0.39, 0.29) is 0 Å². The smallest absolute Gasteiger partial charge is 0.223 e. The van der Waals surface area contributed by atoms with Crippen molar-refractivity contribution in [2.75, 3.05) is 12.3 Å². The summed E-state index contributed by atoms with van der Waals surface area (Å²) < 4.78 is 4.96. The maximum absolute atomic E-state index is 5.79. The Hall–Kier alpha value is -1.88. The molecule has 0 spiro atoms. The van der Waals surface area contributed by atoms with Gasteiger partial charge in [-0.05, 0) is 23.3 Å². The van der Waals surface area contributed by atoms with E-state index < -0.39 is 0 Å². The molecule has 2 heterocycles. The van der Waals surface area contributed by atoms with Crippen LogP contribution in [-0.2, 0) is 19.5 Å². The van der Waals surface area contributed by atoms with Crippen LogP contribution in [0.1, 0.15) is 22.8 Å². The number of aryl methyl sites for hydroxylation is 1. The second-order valence-electron chi connectivity index (χ2n) is 4.72. The van der Waals surface area contributed by atoms with E-state index in [1.54, 1.807) is 0 Å². The van der Waals surface area contributed by atoms with Crippen molar-refractivity contribution in [3.05, 3.63) is 41.0 Å². The standard InChI is InChI=1S/C13H16N4O/c1-9-15-13(16-18-9)4-5-17-7-10-2-3-12(14)6-11(10)8-17/h2-3,6H,4-5,7-8,14H2,1H3. The van der Waals surface area contributed by atoms with Gasteiger partial charge in [0.05, 0.1) is 0 Å². The minimum atomic E-state index is 0.627. The Morgan fingerprint density at radius 3 is 2.94 bits per heavy atom. The maximum atomic E-state index is 5.79. The summed E-state index contributed by atoms with van der Waals surface area (Å²) in [7, 11) is 0. The molecule has 0 fully saturated rings. The zero-order valence-corrected chi connectivity index (χ0v) is 10.4. The van der Waals surface area contributed by atoms with Gasteiger partial charge in [-0.1, -0.05) is 11.2 Å². The molecule has 0 amide bonds. The van der Waals surface area contributed by atoms with E-state index >= 15 is 0 Å². The first-order valence-corrected chi connectivity index (χ1v) is 6.09. The molecule has 5 heteroatoms. The van der Waals surface area contributed by atoms with Gasteiger partial charge in [-0.3, -0.25) is 4.90 Å². The second-order valence-corrected chi connectivity index (χ2v) is 4.72. The lowest BCUT2D eigenvalue weighted by molar-refractivity contribution is 0.284. The number of anilines is 1.